The Kier molecular flexibility index (Phi) is 6.23. The lowest BCUT2D eigenvalue weighted by atomic mass is 9.92. The summed E-state index contributed by atoms with van der Waals surface area (Å²) in [7, 11) is 0. The van der Waals surface area contributed by atoms with Gasteiger partial charge in [0, 0.05) is 16.6 Å². The van der Waals surface area contributed by atoms with Crippen molar-refractivity contribution in [2.45, 2.75) is 26.3 Å². The van der Waals surface area contributed by atoms with Gasteiger partial charge in [-0.15, -0.1) is 12.4 Å². The molecule has 0 heterocycles. The van der Waals surface area contributed by atoms with E-state index in [1.807, 2.05) is 13.8 Å². The topological polar surface area (TPSA) is 26.0 Å². The summed E-state index contributed by atoms with van der Waals surface area (Å²) in [6.45, 7) is 3.79. The highest BCUT2D eigenvalue weighted by Crippen LogP contribution is 2.28. The minimum absolute atomic E-state index is 0. The van der Waals surface area contributed by atoms with Gasteiger partial charge >= 0.3 is 0 Å². The minimum atomic E-state index is -0.673. The van der Waals surface area contributed by atoms with Gasteiger partial charge in [-0.2, -0.15) is 0 Å². The first-order valence-electron chi connectivity index (χ1n) is 4.87. The Labute approximate surface area is 105 Å². The molecule has 0 aromatic heterocycles. The molecule has 1 nitrogen and oxygen atoms in total. The highest BCUT2D eigenvalue weighted by Gasteiger charge is 2.21. The van der Waals surface area contributed by atoms with E-state index in [-0.39, 0.29) is 28.9 Å². The maximum Gasteiger partial charge on any atom is 0.132 e. The van der Waals surface area contributed by atoms with Crippen LogP contribution in [0.2, 0.25) is 5.02 Å². The summed E-state index contributed by atoms with van der Waals surface area (Å²) >= 11 is 5.52. The number of benzene rings is 1. The first kappa shape index (κ1) is 15.6. The molecule has 0 aliphatic rings. The maximum absolute atomic E-state index is 13.5. The molecular formula is C11H15Cl2F2N. The largest absolute Gasteiger partial charge is 0.324 e. The zero-order valence-electron chi connectivity index (χ0n) is 9.14. The molecule has 1 aromatic rings. The molecule has 0 saturated heterocycles. The fourth-order valence-corrected chi connectivity index (χ4v) is 1.60. The van der Waals surface area contributed by atoms with E-state index in [1.165, 1.54) is 0 Å². The van der Waals surface area contributed by atoms with Crippen LogP contribution in [0.4, 0.5) is 8.78 Å². The van der Waals surface area contributed by atoms with Crippen LogP contribution in [0.15, 0.2) is 12.1 Å². The number of nitrogens with two attached hydrogens (primary N) is 1. The van der Waals surface area contributed by atoms with Crippen LogP contribution in [-0.4, -0.2) is 0 Å². The summed E-state index contributed by atoms with van der Waals surface area (Å²) in [6, 6.07) is 1.54. The number of hydrogen-bond donors (Lipinski definition) is 1. The average molecular weight is 270 g/mol. The van der Waals surface area contributed by atoms with Crippen molar-refractivity contribution in [3.05, 3.63) is 34.4 Å². The molecule has 0 amide bonds. The van der Waals surface area contributed by atoms with Crippen molar-refractivity contribution in [1.29, 1.82) is 0 Å². The van der Waals surface area contributed by atoms with Crippen molar-refractivity contribution >= 4 is 24.0 Å². The molecule has 92 valence electrons. The lowest BCUT2D eigenvalue weighted by Gasteiger charge is -2.19. The molecule has 2 atom stereocenters. The molecule has 1 rings (SSSR count). The van der Waals surface area contributed by atoms with Gasteiger partial charge in [-0.05, 0) is 18.1 Å². The predicted molar refractivity (Wildman–Crippen MR) is 65.0 cm³/mol. The average Bonchev–Trinajstić information content (AvgIpc) is 2.14. The fourth-order valence-electron chi connectivity index (χ4n) is 1.41. The van der Waals surface area contributed by atoms with Crippen molar-refractivity contribution in [3.8, 4) is 0 Å². The smallest absolute Gasteiger partial charge is 0.132 e. The summed E-state index contributed by atoms with van der Waals surface area (Å²) < 4.78 is 26.9. The monoisotopic (exact) mass is 269 g/mol. The Hall–Kier alpha value is -0.380. The molecule has 2 N–H and O–H groups in total. The van der Waals surface area contributed by atoms with Crippen LogP contribution < -0.4 is 5.73 Å². The predicted octanol–water partition coefficient (Wildman–Crippen LogP) is 4.09. The second kappa shape index (κ2) is 6.38. The van der Waals surface area contributed by atoms with Crippen molar-refractivity contribution in [1.82, 2.24) is 0 Å². The summed E-state index contributed by atoms with van der Waals surface area (Å²) in [5.74, 6) is -1.32. The van der Waals surface area contributed by atoms with Gasteiger partial charge in [-0.25, -0.2) is 8.78 Å². The molecule has 5 heteroatoms. The summed E-state index contributed by atoms with van der Waals surface area (Å²) in [5.41, 5.74) is 5.70. The van der Waals surface area contributed by atoms with Gasteiger partial charge in [0.15, 0.2) is 0 Å². The van der Waals surface area contributed by atoms with Gasteiger partial charge in [0.2, 0.25) is 0 Å². The molecular weight excluding hydrogens is 255 g/mol. The maximum atomic E-state index is 13.5. The number of rotatable bonds is 3. The number of hydrogen-bond acceptors (Lipinski definition) is 1. The van der Waals surface area contributed by atoms with Gasteiger partial charge in [0.1, 0.15) is 11.6 Å². The van der Waals surface area contributed by atoms with Crippen LogP contribution in [0.5, 0.6) is 0 Å². The van der Waals surface area contributed by atoms with Crippen LogP contribution in [-0.2, 0) is 0 Å². The molecule has 0 saturated carbocycles. The minimum Gasteiger partial charge on any atom is -0.324 e. The Morgan fingerprint density at radius 1 is 1.31 bits per heavy atom. The highest BCUT2D eigenvalue weighted by atomic mass is 35.5. The zero-order valence-corrected chi connectivity index (χ0v) is 10.7. The van der Waals surface area contributed by atoms with E-state index in [2.05, 4.69) is 0 Å². The molecule has 16 heavy (non-hydrogen) atoms. The second-order valence-corrected chi connectivity index (χ2v) is 4.13. The van der Waals surface area contributed by atoms with Gasteiger partial charge in [-0.3, -0.25) is 0 Å². The van der Waals surface area contributed by atoms with E-state index in [0.717, 1.165) is 18.6 Å². The fraction of sp³-hybridized carbons (Fsp3) is 0.455. The molecule has 0 bridgehead atoms. The lowest BCUT2D eigenvalue weighted by molar-refractivity contribution is 0.419. The molecule has 0 aliphatic heterocycles. The third-order valence-electron chi connectivity index (χ3n) is 2.63. The van der Waals surface area contributed by atoms with Crippen molar-refractivity contribution in [2.75, 3.05) is 0 Å². The summed E-state index contributed by atoms with van der Waals surface area (Å²) in [6.07, 6.45) is 0.767. The van der Waals surface area contributed by atoms with Gasteiger partial charge < -0.3 is 5.73 Å². The van der Waals surface area contributed by atoms with Crippen LogP contribution >= 0.6 is 24.0 Å². The van der Waals surface area contributed by atoms with Crippen molar-refractivity contribution < 1.29 is 8.78 Å². The quantitative estimate of drug-likeness (QED) is 0.879. The Morgan fingerprint density at radius 2 is 1.75 bits per heavy atom. The highest BCUT2D eigenvalue weighted by molar-refractivity contribution is 6.30. The summed E-state index contributed by atoms with van der Waals surface area (Å²) in [5, 5.41) is 0.0464. The van der Waals surface area contributed by atoms with Crippen LogP contribution in [0, 0.1) is 17.6 Å². The van der Waals surface area contributed by atoms with Crippen molar-refractivity contribution in [3.63, 3.8) is 0 Å². The van der Waals surface area contributed by atoms with Crippen LogP contribution in [0.1, 0.15) is 31.9 Å². The van der Waals surface area contributed by atoms with E-state index in [4.69, 9.17) is 17.3 Å². The van der Waals surface area contributed by atoms with Crippen molar-refractivity contribution in [2.24, 2.45) is 11.7 Å². The van der Waals surface area contributed by atoms with Gasteiger partial charge in [0.25, 0.3) is 0 Å². The third-order valence-corrected chi connectivity index (χ3v) is 2.85. The third kappa shape index (κ3) is 3.30. The molecule has 0 radical (unpaired) electrons. The van der Waals surface area contributed by atoms with E-state index in [9.17, 15) is 8.78 Å². The zero-order chi connectivity index (χ0) is 11.6. The SMILES string of the molecule is CCC(C)[C@@H](N)c1c(F)cc(Cl)cc1F.Cl. The lowest BCUT2D eigenvalue weighted by Crippen LogP contribution is -2.21. The van der Waals surface area contributed by atoms with E-state index in [1.54, 1.807) is 0 Å². The molecule has 0 aliphatic carbocycles. The van der Waals surface area contributed by atoms with Crippen LogP contribution in [0.25, 0.3) is 0 Å². The molecule has 1 aromatic carbocycles. The molecule has 1 unspecified atom stereocenters. The molecule has 0 spiro atoms. The first-order chi connectivity index (χ1) is 6.97. The van der Waals surface area contributed by atoms with Gasteiger partial charge in [-0.1, -0.05) is 31.9 Å². The second-order valence-electron chi connectivity index (χ2n) is 3.69. The Balaban J connectivity index is 0.00000225. The van der Waals surface area contributed by atoms with E-state index in [0.29, 0.717) is 0 Å². The standard InChI is InChI=1S/C11H14ClF2N.ClH/c1-3-6(2)11(15)10-8(13)4-7(12)5-9(10)14;/h4-6,11H,3,15H2,1-2H3;1H/t6?,11-;/m1./s1. The van der Waals surface area contributed by atoms with Gasteiger partial charge in [0.05, 0.1) is 0 Å². The first-order valence-corrected chi connectivity index (χ1v) is 5.25. The van der Waals surface area contributed by atoms with E-state index < -0.39 is 17.7 Å². The normalized spacial score (nSPS) is 14.1. The molecule has 0 fully saturated rings. The Bertz CT molecular complexity index is 335. The number of halogens is 4. The van der Waals surface area contributed by atoms with Crippen LogP contribution in [0.3, 0.4) is 0 Å². The Morgan fingerprint density at radius 3 is 2.12 bits per heavy atom. The van der Waals surface area contributed by atoms with E-state index >= 15 is 0 Å². The summed E-state index contributed by atoms with van der Waals surface area (Å²) in [4.78, 5) is 0.